The molecule has 0 saturated carbocycles. The van der Waals surface area contributed by atoms with Gasteiger partial charge in [-0.1, -0.05) is 18.6 Å². The lowest BCUT2D eigenvalue weighted by atomic mass is 10.1. The maximum Gasteiger partial charge on any atom is 0.258 e. The van der Waals surface area contributed by atoms with Gasteiger partial charge in [-0.3, -0.25) is 24.5 Å². The molecular weight excluding hydrogens is 392 g/mol. The molecule has 3 aromatic rings. The van der Waals surface area contributed by atoms with Gasteiger partial charge in [-0.25, -0.2) is 0 Å². The molecule has 1 aliphatic rings. The van der Waals surface area contributed by atoms with Gasteiger partial charge in [0.05, 0.1) is 11.3 Å². The monoisotopic (exact) mass is 418 g/mol. The molecule has 7 heteroatoms. The third-order valence-electron chi connectivity index (χ3n) is 5.50. The molecule has 4 rings (SSSR count). The van der Waals surface area contributed by atoms with Crippen molar-refractivity contribution in [1.82, 2.24) is 9.88 Å². The molecule has 0 aliphatic carbocycles. The second-order valence-electron chi connectivity index (χ2n) is 7.92. The number of hydrogen-bond acceptors (Lipinski definition) is 5. The lowest BCUT2D eigenvalue weighted by Gasteiger charge is -2.26. The number of amides is 1. The molecule has 31 heavy (non-hydrogen) atoms. The van der Waals surface area contributed by atoms with Gasteiger partial charge in [0.2, 0.25) is 11.8 Å². The van der Waals surface area contributed by atoms with Gasteiger partial charge >= 0.3 is 0 Å². The van der Waals surface area contributed by atoms with E-state index in [1.807, 2.05) is 12.1 Å². The molecule has 1 amide bonds. The van der Waals surface area contributed by atoms with Crippen LogP contribution in [-0.4, -0.2) is 40.2 Å². The number of likely N-dealkylation sites (tertiary alicyclic amines) is 1. The molecule has 0 bridgehead atoms. The summed E-state index contributed by atoms with van der Waals surface area (Å²) in [6.45, 7) is 4.66. The number of H-pyrrole nitrogens is 1. The summed E-state index contributed by atoms with van der Waals surface area (Å²) in [5.74, 6) is -0.476. The van der Waals surface area contributed by atoms with Crippen LogP contribution in [0.4, 0.5) is 11.4 Å². The first-order valence-electron chi connectivity index (χ1n) is 10.5. The number of pyridine rings is 1. The van der Waals surface area contributed by atoms with E-state index >= 15 is 0 Å². The molecule has 2 heterocycles. The number of aromatic amines is 1. The van der Waals surface area contributed by atoms with Crippen molar-refractivity contribution >= 4 is 34.3 Å². The Morgan fingerprint density at radius 3 is 2.58 bits per heavy atom. The standard InChI is InChI=1S/C24H26N4O3/c1-16(29)26-19-9-10-20-21(13-19)22(24(31)27-23(20)30)14-25-18-7-5-17(6-8-18)15-28-11-3-2-4-12-28/h5-10,13-14H,2-4,11-12,15H2,1H3,(H,26,29)(H2,27,30,31). The Bertz CT molecular complexity index is 1180. The molecule has 0 spiro atoms. The third-order valence-corrected chi connectivity index (χ3v) is 5.50. The summed E-state index contributed by atoms with van der Waals surface area (Å²) in [4.78, 5) is 33.0. The van der Waals surface area contributed by atoms with Crippen LogP contribution >= 0.6 is 0 Å². The number of aliphatic imine (C=N–C) groups is 1. The number of nitrogens with zero attached hydrogens (tertiary/aromatic N) is 2. The fraction of sp³-hybridized carbons (Fsp3) is 0.292. The first kappa shape index (κ1) is 20.8. The van der Waals surface area contributed by atoms with Crippen LogP contribution in [0.25, 0.3) is 10.8 Å². The molecule has 0 unspecified atom stereocenters. The largest absolute Gasteiger partial charge is 0.494 e. The molecular formula is C24H26N4O3. The van der Waals surface area contributed by atoms with Crippen molar-refractivity contribution in [1.29, 1.82) is 0 Å². The van der Waals surface area contributed by atoms with E-state index < -0.39 is 5.56 Å². The van der Waals surface area contributed by atoms with Crippen LogP contribution < -0.4 is 10.9 Å². The fourth-order valence-corrected chi connectivity index (χ4v) is 3.95. The predicted molar refractivity (Wildman–Crippen MR) is 123 cm³/mol. The Labute approximate surface area is 180 Å². The summed E-state index contributed by atoms with van der Waals surface area (Å²) in [5, 5.41) is 13.9. The van der Waals surface area contributed by atoms with E-state index in [0.29, 0.717) is 22.0 Å². The van der Waals surface area contributed by atoms with Crippen LogP contribution in [0, 0.1) is 0 Å². The fourth-order valence-electron chi connectivity index (χ4n) is 3.95. The van der Waals surface area contributed by atoms with E-state index in [1.165, 1.54) is 38.0 Å². The van der Waals surface area contributed by atoms with E-state index in [0.717, 1.165) is 25.3 Å². The average molecular weight is 418 g/mol. The van der Waals surface area contributed by atoms with Gasteiger partial charge < -0.3 is 10.4 Å². The Kier molecular flexibility index (Phi) is 6.13. The summed E-state index contributed by atoms with van der Waals surface area (Å²) < 4.78 is 0. The van der Waals surface area contributed by atoms with E-state index in [2.05, 4.69) is 32.3 Å². The molecule has 0 radical (unpaired) electrons. The van der Waals surface area contributed by atoms with Gasteiger partial charge in [0.15, 0.2) is 0 Å². The maximum absolute atomic E-state index is 12.2. The molecule has 2 aromatic carbocycles. The van der Waals surface area contributed by atoms with Crippen molar-refractivity contribution in [2.24, 2.45) is 4.99 Å². The molecule has 3 N–H and O–H groups in total. The Morgan fingerprint density at radius 2 is 1.87 bits per heavy atom. The van der Waals surface area contributed by atoms with Crippen LogP contribution in [0.3, 0.4) is 0 Å². The minimum atomic E-state index is -0.402. The number of carbonyl (C=O) groups is 1. The molecule has 7 nitrogen and oxygen atoms in total. The zero-order valence-electron chi connectivity index (χ0n) is 17.5. The molecule has 160 valence electrons. The summed E-state index contributed by atoms with van der Waals surface area (Å²) in [6, 6.07) is 13.0. The van der Waals surface area contributed by atoms with E-state index in [-0.39, 0.29) is 11.8 Å². The van der Waals surface area contributed by atoms with Crippen LogP contribution in [0.15, 0.2) is 52.3 Å². The lowest BCUT2D eigenvalue weighted by Crippen LogP contribution is -2.28. The van der Waals surface area contributed by atoms with E-state index in [4.69, 9.17) is 0 Å². The van der Waals surface area contributed by atoms with Crippen molar-refractivity contribution in [2.75, 3.05) is 18.4 Å². The van der Waals surface area contributed by atoms with Crippen molar-refractivity contribution in [3.8, 4) is 5.88 Å². The number of nitrogens with one attached hydrogen (secondary N) is 2. The van der Waals surface area contributed by atoms with Gasteiger partial charge in [0.25, 0.3) is 5.56 Å². The first-order valence-corrected chi connectivity index (χ1v) is 10.5. The summed E-state index contributed by atoms with van der Waals surface area (Å²) >= 11 is 0. The number of aromatic nitrogens is 1. The third kappa shape index (κ3) is 5.00. The zero-order valence-corrected chi connectivity index (χ0v) is 17.5. The number of piperidine rings is 1. The smallest absolute Gasteiger partial charge is 0.258 e. The van der Waals surface area contributed by atoms with Crippen molar-refractivity contribution < 1.29 is 9.90 Å². The molecule has 1 aromatic heterocycles. The second kappa shape index (κ2) is 9.14. The number of benzene rings is 2. The quantitative estimate of drug-likeness (QED) is 0.547. The topological polar surface area (TPSA) is 97.8 Å². The van der Waals surface area contributed by atoms with Crippen molar-refractivity contribution in [2.45, 2.75) is 32.7 Å². The predicted octanol–water partition coefficient (Wildman–Crippen LogP) is 3.93. The minimum Gasteiger partial charge on any atom is -0.494 e. The van der Waals surface area contributed by atoms with E-state index in [9.17, 15) is 14.7 Å². The minimum absolute atomic E-state index is 0.215. The van der Waals surface area contributed by atoms with Crippen molar-refractivity contribution in [3.05, 3.63) is 63.9 Å². The Balaban J connectivity index is 1.59. The SMILES string of the molecule is CC(=O)Nc1ccc2c(=O)[nH]c(O)c(C=Nc3ccc(CN4CCCCC4)cc3)c2c1. The van der Waals surface area contributed by atoms with Gasteiger partial charge in [0, 0.05) is 36.1 Å². The number of anilines is 1. The van der Waals surface area contributed by atoms with Crippen LogP contribution in [-0.2, 0) is 11.3 Å². The summed E-state index contributed by atoms with van der Waals surface area (Å²) in [5.41, 5.74) is 2.53. The van der Waals surface area contributed by atoms with Gasteiger partial charge in [0.1, 0.15) is 0 Å². The second-order valence-corrected chi connectivity index (χ2v) is 7.92. The summed E-state index contributed by atoms with van der Waals surface area (Å²) in [6.07, 6.45) is 5.39. The van der Waals surface area contributed by atoms with Crippen LogP contribution in [0.1, 0.15) is 37.3 Å². The number of hydrogen-bond donors (Lipinski definition) is 3. The molecule has 1 fully saturated rings. The first-order chi connectivity index (χ1) is 15.0. The number of fused-ring (bicyclic) bond motifs is 1. The highest BCUT2D eigenvalue weighted by atomic mass is 16.3. The van der Waals surface area contributed by atoms with Gasteiger partial charge in [-0.05, 0) is 61.8 Å². The van der Waals surface area contributed by atoms with Crippen molar-refractivity contribution in [3.63, 3.8) is 0 Å². The molecule has 0 atom stereocenters. The highest BCUT2D eigenvalue weighted by Crippen LogP contribution is 2.25. The summed E-state index contributed by atoms with van der Waals surface area (Å²) in [7, 11) is 0. The zero-order chi connectivity index (χ0) is 21.8. The number of aromatic hydroxyl groups is 1. The Morgan fingerprint density at radius 1 is 1.13 bits per heavy atom. The van der Waals surface area contributed by atoms with Crippen LogP contribution in [0.5, 0.6) is 5.88 Å². The molecule has 1 saturated heterocycles. The highest BCUT2D eigenvalue weighted by Gasteiger charge is 2.12. The van der Waals surface area contributed by atoms with Gasteiger partial charge in [-0.2, -0.15) is 0 Å². The van der Waals surface area contributed by atoms with E-state index in [1.54, 1.807) is 18.2 Å². The average Bonchev–Trinajstić information content (AvgIpc) is 2.75. The number of carbonyl (C=O) groups excluding carboxylic acids is 1. The molecule has 1 aliphatic heterocycles. The lowest BCUT2D eigenvalue weighted by molar-refractivity contribution is -0.114. The highest BCUT2D eigenvalue weighted by molar-refractivity contribution is 6.04. The van der Waals surface area contributed by atoms with Crippen LogP contribution in [0.2, 0.25) is 0 Å². The normalized spacial score (nSPS) is 14.9. The Hall–Kier alpha value is -3.45. The van der Waals surface area contributed by atoms with Gasteiger partial charge in [-0.15, -0.1) is 0 Å². The maximum atomic E-state index is 12.2. The number of rotatable bonds is 5.